The van der Waals surface area contributed by atoms with Gasteiger partial charge in [-0.25, -0.2) is 12.8 Å². The van der Waals surface area contributed by atoms with Crippen LogP contribution in [0.5, 0.6) is 0 Å². The molecular weight excluding hydrogens is 367 g/mol. The van der Waals surface area contributed by atoms with E-state index in [0.29, 0.717) is 12.5 Å². The number of rotatable bonds is 9. The van der Waals surface area contributed by atoms with Gasteiger partial charge in [0, 0.05) is 6.54 Å². The van der Waals surface area contributed by atoms with Gasteiger partial charge in [-0.2, -0.15) is 4.72 Å². The maximum absolute atomic E-state index is 13.1. The highest BCUT2D eigenvalue weighted by molar-refractivity contribution is 7.89. The van der Waals surface area contributed by atoms with Crippen LogP contribution in [0.1, 0.15) is 25.8 Å². The summed E-state index contributed by atoms with van der Waals surface area (Å²) in [4.78, 5) is 12.5. The van der Waals surface area contributed by atoms with Gasteiger partial charge in [-0.05, 0) is 48.6 Å². The Morgan fingerprint density at radius 2 is 1.67 bits per heavy atom. The molecule has 1 amide bonds. The lowest BCUT2D eigenvalue weighted by Gasteiger charge is -2.19. The molecule has 0 spiro atoms. The summed E-state index contributed by atoms with van der Waals surface area (Å²) in [6.45, 7) is 4.57. The van der Waals surface area contributed by atoms with Crippen LogP contribution in [0.3, 0.4) is 0 Å². The van der Waals surface area contributed by atoms with E-state index in [1.165, 1.54) is 12.1 Å². The second-order valence-electron chi connectivity index (χ2n) is 6.79. The fraction of sp³-hybridized carbons (Fsp3) is 0.350. The molecule has 0 saturated carbocycles. The van der Waals surface area contributed by atoms with Gasteiger partial charge in [0.15, 0.2) is 0 Å². The summed E-state index contributed by atoms with van der Waals surface area (Å²) in [6.07, 6.45) is 1.02. The first-order chi connectivity index (χ1) is 12.8. The van der Waals surface area contributed by atoms with Gasteiger partial charge in [0.1, 0.15) is 11.9 Å². The Balaban J connectivity index is 2.17. The van der Waals surface area contributed by atoms with Crippen LogP contribution in [0, 0.1) is 11.7 Å². The van der Waals surface area contributed by atoms with E-state index in [0.717, 1.165) is 24.1 Å². The maximum atomic E-state index is 13.1. The van der Waals surface area contributed by atoms with E-state index in [-0.39, 0.29) is 17.2 Å². The van der Waals surface area contributed by atoms with Crippen molar-refractivity contribution in [2.45, 2.75) is 37.6 Å². The van der Waals surface area contributed by atoms with Gasteiger partial charge in [0.25, 0.3) is 0 Å². The molecule has 0 aromatic heterocycles. The average Bonchev–Trinajstić information content (AvgIpc) is 2.62. The van der Waals surface area contributed by atoms with Crippen molar-refractivity contribution in [3.05, 3.63) is 66.0 Å². The Labute approximate surface area is 160 Å². The van der Waals surface area contributed by atoms with Crippen molar-refractivity contribution < 1.29 is 17.6 Å². The number of sulfonamides is 1. The van der Waals surface area contributed by atoms with E-state index in [4.69, 9.17) is 0 Å². The lowest BCUT2D eigenvalue weighted by atomic mass is 10.1. The molecule has 2 aromatic rings. The lowest BCUT2D eigenvalue weighted by molar-refractivity contribution is -0.122. The molecule has 0 aliphatic heterocycles. The molecule has 0 saturated heterocycles. The van der Waals surface area contributed by atoms with Crippen LogP contribution in [-0.2, 0) is 21.2 Å². The maximum Gasteiger partial charge on any atom is 0.241 e. The fourth-order valence-electron chi connectivity index (χ4n) is 2.51. The standard InChI is InChI=1S/C20H25FN2O3S/c1-15(2)12-13-22-20(24)19(14-16-6-4-3-5-7-16)23-27(25,26)18-10-8-17(21)9-11-18/h3-11,15,19,23H,12-14H2,1-2H3,(H,22,24). The van der Waals surface area contributed by atoms with Crippen LogP contribution in [0.25, 0.3) is 0 Å². The minimum absolute atomic E-state index is 0.0862. The molecule has 5 nitrogen and oxygen atoms in total. The first-order valence-electron chi connectivity index (χ1n) is 8.87. The number of hydrogen-bond acceptors (Lipinski definition) is 3. The molecule has 0 heterocycles. The summed E-state index contributed by atoms with van der Waals surface area (Å²) in [5.74, 6) is -0.486. The Bertz CT molecular complexity index is 837. The SMILES string of the molecule is CC(C)CCNC(=O)C(Cc1ccccc1)NS(=O)(=O)c1ccc(F)cc1. The summed E-state index contributed by atoms with van der Waals surface area (Å²) in [5, 5.41) is 2.79. The zero-order valence-electron chi connectivity index (χ0n) is 15.5. The van der Waals surface area contributed by atoms with Crippen molar-refractivity contribution in [1.29, 1.82) is 0 Å². The molecule has 2 N–H and O–H groups in total. The molecule has 1 unspecified atom stereocenters. The molecule has 0 radical (unpaired) electrons. The highest BCUT2D eigenvalue weighted by atomic mass is 32.2. The predicted molar refractivity (Wildman–Crippen MR) is 103 cm³/mol. The van der Waals surface area contributed by atoms with Gasteiger partial charge >= 0.3 is 0 Å². The zero-order chi connectivity index (χ0) is 19.9. The van der Waals surface area contributed by atoms with E-state index >= 15 is 0 Å². The van der Waals surface area contributed by atoms with Crippen LogP contribution in [-0.4, -0.2) is 26.9 Å². The number of nitrogens with one attached hydrogen (secondary N) is 2. The molecule has 0 aliphatic carbocycles. The molecule has 1 atom stereocenters. The van der Waals surface area contributed by atoms with E-state index in [2.05, 4.69) is 10.0 Å². The van der Waals surface area contributed by atoms with Crippen molar-refractivity contribution in [1.82, 2.24) is 10.0 Å². The third kappa shape index (κ3) is 6.77. The molecule has 2 rings (SSSR count). The number of carbonyl (C=O) groups is 1. The van der Waals surface area contributed by atoms with Crippen LogP contribution in [0.15, 0.2) is 59.5 Å². The van der Waals surface area contributed by atoms with Gasteiger partial charge in [-0.15, -0.1) is 0 Å². The zero-order valence-corrected chi connectivity index (χ0v) is 16.3. The van der Waals surface area contributed by atoms with E-state index in [1.807, 2.05) is 44.2 Å². The Hall–Kier alpha value is -2.25. The normalized spacial score (nSPS) is 12.7. The van der Waals surface area contributed by atoms with Crippen molar-refractivity contribution in [2.24, 2.45) is 5.92 Å². The molecule has 146 valence electrons. The monoisotopic (exact) mass is 392 g/mol. The minimum Gasteiger partial charge on any atom is -0.355 e. The highest BCUT2D eigenvalue weighted by Gasteiger charge is 2.26. The average molecular weight is 392 g/mol. The summed E-state index contributed by atoms with van der Waals surface area (Å²) >= 11 is 0. The summed E-state index contributed by atoms with van der Waals surface area (Å²) in [6, 6.07) is 12.7. The predicted octanol–water partition coefficient (Wildman–Crippen LogP) is 2.88. The second kappa shape index (κ2) is 9.62. The summed E-state index contributed by atoms with van der Waals surface area (Å²) in [5.41, 5.74) is 0.836. The Morgan fingerprint density at radius 3 is 2.26 bits per heavy atom. The third-order valence-electron chi connectivity index (χ3n) is 4.04. The quantitative estimate of drug-likeness (QED) is 0.689. The van der Waals surface area contributed by atoms with Crippen molar-refractivity contribution in [3.63, 3.8) is 0 Å². The van der Waals surface area contributed by atoms with Crippen LogP contribution in [0.4, 0.5) is 4.39 Å². The second-order valence-corrected chi connectivity index (χ2v) is 8.51. The molecule has 27 heavy (non-hydrogen) atoms. The molecule has 0 fully saturated rings. The van der Waals surface area contributed by atoms with Gasteiger partial charge in [0.2, 0.25) is 15.9 Å². The largest absolute Gasteiger partial charge is 0.355 e. The number of hydrogen-bond donors (Lipinski definition) is 2. The van der Waals surface area contributed by atoms with Gasteiger partial charge in [-0.1, -0.05) is 44.2 Å². The topological polar surface area (TPSA) is 75.3 Å². The minimum atomic E-state index is -3.96. The Kier molecular flexibility index (Phi) is 7.50. The molecule has 7 heteroatoms. The third-order valence-corrected chi connectivity index (χ3v) is 5.53. The summed E-state index contributed by atoms with van der Waals surface area (Å²) in [7, 11) is -3.96. The molecule has 2 aromatic carbocycles. The molecule has 0 bridgehead atoms. The first kappa shape index (κ1) is 21.1. The Morgan fingerprint density at radius 1 is 1.04 bits per heavy atom. The first-order valence-corrected chi connectivity index (χ1v) is 10.4. The number of halogens is 1. The van der Waals surface area contributed by atoms with E-state index in [9.17, 15) is 17.6 Å². The van der Waals surface area contributed by atoms with Gasteiger partial charge in [-0.3, -0.25) is 4.79 Å². The fourth-order valence-corrected chi connectivity index (χ4v) is 3.71. The van der Waals surface area contributed by atoms with Crippen molar-refractivity contribution in [3.8, 4) is 0 Å². The van der Waals surface area contributed by atoms with Crippen molar-refractivity contribution >= 4 is 15.9 Å². The molecular formula is C20H25FN2O3S. The molecule has 0 aliphatic rings. The van der Waals surface area contributed by atoms with Gasteiger partial charge < -0.3 is 5.32 Å². The van der Waals surface area contributed by atoms with Crippen LogP contribution >= 0.6 is 0 Å². The van der Waals surface area contributed by atoms with Crippen molar-refractivity contribution in [2.75, 3.05) is 6.54 Å². The lowest BCUT2D eigenvalue weighted by Crippen LogP contribution is -2.48. The number of benzene rings is 2. The summed E-state index contributed by atoms with van der Waals surface area (Å²) < 4.78 is 40.8. The van der Waals surface area contributed by atoms with Crippen LogP contribution < -0.4 is 10.0 Å². The van der Waals surface area contributed by atoms with Crippen LogP contribution in [0.2, 0.25) is 0 Å². The number of carbonyl (C=O) groups excluding carboxylic acids is 1. The van der Waals surface area contributed by atoms with E-state index in [1.54, 1.807) is 0 Å². The number of amides is 1. The van der Waals surface area contributed by atoms with Gasteiger partial charge in [0.05, 0.1) is 4.90 Å². The highest BCUT2D eigenvalue weighted by Crippen LogP contribution is 2.12. The van der Waals surface area contributed by atoms with E-state index < -0.39 is 21.9 Å². The smallest absolute Gasteiger partial charge is 0.241 e.